The molecule has 1 N–H and O–H groups in total. The Morgan fingerprint density at radius 1 is 1.35 bits per heavy atom. The Labute approximate surface area is 190 Å². The molecule has 2 heterocycles. The number of nitrogens with zero attached hydrogens (tertiary/aromatic N) is 2. The molecule has 1 unspecified atom stereocenters. The minimum Gasteiger partial charge on any atom is -0.492 e. The van der Waals surface area contributed by atoms with Gasteiger partial charge in [0.05, 0.1) is 23.4 Å². The summed E-state index contributed by atoms with van der Waals surface area (Å²) in [7, 11) is 0. The highest BCUT2D eigenvalue weighted by Crippen LogP contribution is 2.36. The maximum absolute atomic E-state index is 13.2. The normalized spacial score (nSPS) is 15.6. The monoisotopic (exact) mass is 457 g/mol. The summed E-state index contributed by atoms with van der Waals surface area (Å²) in [6.45, 7) is 7.16. The summed E-state index contributed by atoms with van der Waals surface area (Å²) >= 11 is 2.94. The Balaban J connectivity index is 1.56. The van der Waals surface area contributed by atoms with Crippen LogP contribution in [0.3, 0.4) is 0 Å². The molecule has 0 bridgehead atoms. The van der Waals surface area contributed by atoms with E-state index in [1.54, 1.807) is 15.9 Å². The number of carbonyl (C=O) groups excluding carboxylic acids is 1. The first-order valence-corrected chi connectivity index (χ1v) is 12.5. The fourth-order valence-corrected chi connectivity index (χ4v) is 6.25. The summed E-state index contributed by atoms with van der Waals surface area (Å²) in [6, 6.07) is 7.37. The summed E-state index contributed by atoms with van der Waals surface area (Å²) in [6.07, 6.45) is 3.08. The molecule has 0 spiro atoms. The summed E-state index contributed by atoms with van der Waals surface area (Å²) in [5.74, 6) is 1.30. The molecule has 0 aliphatic heterocycles. The minimum absolute atomic E-state index is 0.0177. The first-order valence-electron chi connectivity index (χ1n) is 10.7. The van der Waals surface area contributed by atoms with Crippen molar-refractivity contribution in [2.75, 3.05) is 17.7 Å². The highest BCUT2D eigenvalue weighted by molar-refractivity contribution is 7.99. The zero-order valence-corrected chi connectivity index (χ0v) is 19.7. The van der Waals surface area contributed by atoms with Crippen molar-refractivity contribution in [2.45, 2.75) is 51.7 Å². The number of hydrogen-bond acceptors (Lipinski definition) is 6. The van der Waals surface area contributed by atoms with E-state index in [9.17, 15) is 9.59 Å². The molecule has 1 aliphatic rings. The zero-order chi connectivity index (χ0) is 22.0. The van der Waals surface area contributed by atoms with Crippen molar-refractivity contribution < 1.29 is 9.53 Å². The lowest BCUT2D eigenvalue weighted by molar-refractivity contribution is -0.113. The molecule has 0 saturated carbocycles. The van der Waals surface area contributed by atoms with Crippen molar-refractivity contribution in [3.63, 3.8) is 0 Å². The van der Waals surface area contributed by atoms with E-state index < -0.39 is 0 Å². The molecule has 6 nitrogen and oxygen atoms in total. The second-order valence-corrected chi connectivity index (χ2v) is 9.77. The first kappa shape index (κ1) is 21.9. The number of ether oxygens (including phenoxy) is 1. The molecule has 4 rings (SSSR count). The quantitative estimate of drug-likeness (QED) is 0.410. The van der Waals surface area contributed by atoms with Gasteiger partial charge in [0, 0.05) is 11.4 Å². The summed E-state index contributed by atoms with van der Waals surface area (Å²) in [5, 5.41) is 4.28. The van der Waals surface area contributed by atoms with Crippen molar-refractivity contribution in [3.05, 3.63) is 45.1 Å². The summed E-state index contributed by atoms with van der Waals surface area (Å²) in [4.78, 5) is 32.7. The van der Waals surface area contributed by atoms with E-state index in [2.05, 4.69) is 12.2 Å². The van der Waals surface area contributed by atoms with Crippen LogP contribution in [0.1, 0.15) is 37.6 Å². The number of aromatic nitrogens is 2. The van der Waals surface area contributed by atoms with Crippen LogP contribution in [0.25, 0.3) is 10.2 Å². The number of aryl methyl sites for hydroxylation is 1. The van der Waals surface area contributed by atoms with E-state index >= 15 is 0 Å². The van der Waals surface area contributed by atoms with E-state index in [4.69, 9.17) is 9.72 Å². The van der Waals surface area contributed by atoms with E-state index in [1.807, 2.05) is 38.1 Å². The molecule has 2 aromatic heterocycles. The topological polar surface area (TPSA) is 73.2 Å². The smallest absolute Gasteiger partial charge is 0.263 e. The number of carbonyl (C=O) groups is 1. The molecular weight excluding hydrogens is 430 g/mol. The fourth-order valence-electron chi connectivity index (χ4n) is 3.96. The zero-order valence-electron chi connectivity index (χ0n) is 18.1. The van der Waals surface area contributed by atoms with Crippen molar-refractivity contribution >= 4 is 44.9 Å². The van der Waals surface area contributed by atoms with Crippen LogP contribution in [-0.2, 0) is 24.2 Å². The van der Waals surface area contributed by atoms with E-state index in [1.165, 1.54) is 22.2 Å². The lowest BCUT2D eigenvalue weighted by Gasteiger charge is -2.17. The Morgan fingerprint density at radius 2 is 2.16 bits per heavy atom. The molecule has 0 saturated heterocycles. The number of hydrogen-bond donors (Lipinski definition) is 1. The number of amides is 1. The first-order chi connectivity index (χ1) is 15.0. The van der Waals surface area contributed by atoms with Gasteiger partial charge in [0.15, 0.2) is 5.16 Å². The Hall–Kier alpha value is -2.32. The van der Waals surface area contributed by atoms with Gasteiger partial charge in [0.1, 0.15) is 10.6 Å². The fraction of sp³-hybridized carbons (Fsp3) is 0.435. The highest BCUT2D eigenvalue weighted by atomic mass is 32.2. The molecule has 164 valence electrons. The van der Waals surface area contributed by atoms with Crippen molar-refractivity contribution in [1.82, 2.24) is 9.55 Å². The van der Waals surface area contributed by atoms with E-state index in [-0.39, 0.29) is 17.2 Å². The number of benzene rings is 1. The highest BCUT2D eigenvalue weighted by Gasteiger charge is 2.24. The maximum Gasteiger partial charge on any atom is 0.263 e. The maximum atomic E-state index is 13.2. The van der Waals surface area contributed by atoms with Crippen molar-refractivity contribution in [3.8, 4) is 5.75 Å². The minimum atomic E-state index is -0.159. The molecule has 31 heavy (non-hydrogen) atoms. The largest absolute Gasteiger partial charge is 0.492 e. The Morgan fingerprint density at radius 3 is 2.94 bits per heavy atom. The van der Waals surface area contributed by atoms with Gasteiger partial charge < -0.3 is 10.1 Å². The average Bonchev–Trinajstić information content (AvgIpc) is 3.11. The van der Waals surface area contributed by atoms with Crippen molar-refractivity contribution in [2.24, 2.45) is 5.92 Å². The third-order valence-electron chi connectivity index (χ3n) is 5.49. The van der Waals surface area contributed by atoms with Gasteiger partial charge in [0.25, 0.3) is 5.56 Å². The Bertz CT molecular complexity index is 1170. The van der Waals surface area contributed by atoms with Gasteiger partial charge in [-0.2, -0.15) is 0 Å². The van der Waals surface area contributed by atoms with Crippen LogP contribution in [-0.4, -0.2) is 27.8 Å². The van der Waals surface area contributed by atoms with Crippen LogP contribution in [0.5, 0.6) is 5.75 Å². The molecule has 0 radical (unpaired) electrons. The predicted octanol–water partition coefficient (Wildman–Crippen LogP) is 4.73. The number of nitrogens with one attached hydrogen (secondary N) is 1. The predicted molar refractivity (Wildman–Crippen MR) is 128 cm³/mol. The molecule has 3 aromatic rings. The van der Waals surface area contributed by atoms with Gasteiger partial charge in [-0.15, -0.1) is 11.3 Å². The Kier molecular flexibility index (Phi) is 6.67. The molecule has 8 heteroatoms. The number of para-hydroxylation sites is 2. The van der Waals surface area contributed by atoms with Crippen LogP contribution >= 0.6 is 23.1 Å². The summed E-state index contributed by atoms with van der Waals surface area (Å²) in [5.41, 5.74) is 1.86. The molecule has 1 aliphatic carbocycles. The second kappa shape index (κ2) is 9.44. The third kappa shape index (κ3) is 4.50. The van der Waals surface area contributed by atoms with Gasteiger partial charge >= 0.3 is 0 Å². The molecule has 0 fully saturated rings. The number of thiophene rings is 1. The summed E-state index contributed by atoms with van der Waals surface area (Å²) < 4.78 is 7.26. The van der Waals surface area contributed by atoms with Gasteiger partial charge in [-0.1, -0.05) is 30.8 Å². The van der Waals surface area contributed by atoms with Crippen LogP contribution < -0.4 is 15.6 Å². The average molecular weight is 458 g/mol. The lowest BCUT2D eigenvalue weighted by atomic mass is 9.89. The van der Waals surface area contributed by atoms with E-state index in [0.717, 1.165) is 29.5 Å². The van der Waals surface area contributed by atoms with Gasteiger partial charge in [-0.05, 0) is 56.7 Å². The lowest BCUT2D eigenvalue weighted by Crippen LogP contribution is -2.24. The molecular formula is C23H27N3O3S2. The molecule has 1 aromatic carbocycles. The van der Waals surface area contributed by atoms with Gasteiger partial charge in [-0.3, -0.25) is 14.2 Å². The number of thioether (sulfide) groups is 1. The van der Waals surface area contributed by atoms with Crippen molar-refractivity contribution in [1.29, 1.82) is 0 Å². The SMILES string of the molecule is CCOc1ccccc1NC(=O)CSc1nc2sc3c(c2c(=O)n1CC)CCC(C)C3. The van der Waals surface area contributed by atoms with Gasteiger partial charge in [-0.25, -0.2) is 4.98 Å². The molecule has 1 atom stereocenters. The van der Waals surface area contributed by atoms with E-state index in [0.29, 0.717) is 35.7 Å². The third-order valence-corrected chi connectivity index (χ3v) is 7.61. The number of rotatable bonds is 7. The number of anilines is 1. The molecule has 1 amide bonds. The van der Waals surface area contributed by atoms with Crippen LogP contribution in [0, 0.1) is 5.92 Å². The van der Waals surface area contributed by atoms with Gasteiger partial charge in [0.2, 0.25) is 5.91 Å². The second-order valence-electron chi connectivity index (χ2n) is 7.74. The van der Waals surface area contributed by atoms with Crippen LogP contribution in [0.2, 0.25) is 0 Å². The van der Waals surface area contributed by atoms with Crippen LogP contribution in [0.4, 0.5) is 5.69 Å². The standard InChI is InChI=1S/C23H27N3O3S2/c1-4-26-22(28)20-15-11-10-14(3)12-18(15)31-21(20)25-23(26)30-13-19(27)24-16-8-6-7-9-17(16)29-5-2/h6-9,14H,4-5,10-13H2,1-3H3,(H,24,27). The van der Waals surface area contributed by atoms with Crippen LogP contribution in [0.15, 0.2) is 34.2 Å². The number of fused-ring (bicyclic) bond motifs is 3.